The summed E-state index contributed by atoms with van der Waals surface area (Å²) in [5.41, 5.74) is 3.59. The van der Waals surface area contributed by atoms with Gasteiger partial charge in [0.15, 0.2) is 0 Å². The van der Waals surface area contributed by atoms with Gasteiger partial charge >= 0.3 is 0 Å². The summed E-state index contributed by atoms with van der Waals surface area (Å²) in [6, 6.07) is 29.1. The summed E-state index contributed by atoms with van der Waals surface area (Å²) in [6.45, 7) is 7.03. The third-order valence-corrected chi connectivity index (χ3v) is 6.15. The molecule has 4 rings (SSSR count). The van der Waals surface area contributed by atoms with E-state index >= 15 is 0 Å². The van der Waals surface area contributed by atoms with Gasteiger partial charge in [0.25, 0.3) is 0 Å². The van der Waals surface area contributed by atoms with Crippen LogP contribution < -0.4 is 4.74 Å². The highest BCUT2D eigenvalue weighted by atomic mass is 16.5. The lowest BCUT2D eigenvalue weighted by Gasteiger charge is -2.34. The third kappa shape index (κ3) is 7.03. The van der Waals surface area contributed by atoms with E-state index in [1.807, 2.05) is 18.2 Å². The molecule has 4 heteroatoms. The molecule has 33 heavy (non-hydrogen) atoms. The number of rotatable bonds is 10. The van der Waals surface area contributed by atoms with Crippen molar-refractivity contribution in [1.82, 2.24) is 9.80 Å². The molecule has 0 amide bonds. The topological polar surface area (TPSA) is 24.9 Å². The van der Waals surface area contributed by atoms with Gasteiger partial charge in [0.1, 0.15) is 11.9 Å². The summed E-state index contributed by atoms with van der Waals surface area (Å²) >= 11 is 0. The molecule has 1 saturated heterocycles. The smallest absolute Gasteiger partial charge is 0.118 e. The summed E-state index contributed by atoms with van der Waals surface area (Å²) in [7, 11) is 1.69. The zero-order valence-corrected chi connectivity index (χ0v) is 19.5. The predicted octanol–water partition coefficient (Wildman–Crippen LogP) is 5.13. The standard InChI is InChI=1S/C29H34N2O2/c1-32-28-16-14-27(15-17-28)29(26-12-6-3-7-13-26)33-24-23-31-21-19-30(20-22-31)18-8-11-25-9-4-2-5-10-25/h2-17,29H,18-24H2,1H3. The summed E-state index contributed by atoms with van der Waals surface area (Å²) in [5, 5.41) is 0. The molecule has 0 saturated carbocycles. The molecule has 0 bridgehead atoms. The molecule has 0 aliphatic carbocycles. The fraction of sp³-hybridized carbons (Fsp3) is 0.310. The SMILES string of the molecule is COc1ccc(C(OCCN2CCN(CC=Cc3ccccc3)CC2)c2ccccc2)cc1. The van der Waals surface area contributed by atoms with E-state index in [0.29, 0.717) is 6.61 Å². The van der Waals surface area contributed by atoms with E-state index in [-0.39, 0.29) is 6.10 Å². The van der Waals surface area contributed by atoms with Gasteiger partial charge in [0.05, 0.1) is 13.7 Å². The molecule has 1 fully saturated rings. The van der Waals surface area contributed by atoms with Crippen molar-refractivity contribution < 1.29 is 9.47 Å². The lowest BCUT2D eigenvalue weighted by Crippen LogP contribution is -2.47. The van der Waals surface area contributed by atoms with Crippen LogP contribution in [-0.4, -0.2) is 62.8 Å². The molecule has 1 aliphatic rings. The first-order valence-electron chi connectivity index (χ1n) is 11.8. The average molecular weight is 443 g/mol. The van der Waals surface area contributed by atoms with E-state index in [2.05, 4.69) is 88.7 Å². The van der Waals surface area contributed by atoms with Crippen molar-refractivity contribution in [2.45, 2.75) is 6.10 Å². The Kier molecular flexibility index (Phi) is 8.70. The quantitative estimate of drug-likeness (QED) is 0.434. The summed E-state index contributed by atoms with van der Waals surface area (Å²) in [6.07, 6.45) is 4.41. The molecule has 1 aliphatic heterocycles. The molecular weight excluding hydrogens is 408 g/mol. The second-order valence-electron chi connectivity index (χ2n) is 8.39. The van der Waals surface area contributed by atoms with Gasteiger partial charge in [-0.15, -0.1) is 0 Å². The van der Waals surface area contributed by atoms with Crippen molar-refractivity contribution in [3.05, 3.63) is 108 Å². The average Bonchev–Trinajstić information content (AvgIpc) is 2.89. The summed E-state index contributed by atoms with van der Waals surface area (Å²) in [4.78, 5) is 5.02. The van der Waals surface area contributed by atoms with E-state index < -0.39 is 0 Å². The fourth-order valence-electron chi connectivity index (χ4n) is 4.19. The second-order valence-corrected chi connectivity index (χ2v) is 8.39. The Hall–Kier alpha value is -2.92. The third-order valence-electron chi connectivity index (χ3n) is 6.15. The monoisotopic (exact) mass is 442 g/mol. The van der Waals surface area contributed by atoms with E-state index in [4.69, 9.17) is 9.47 Å². The molecule has 3 aromatic rings. The second kappa shape index (κ2) is 12.4. The van der Waals surface area contributed by atoms with Crippen LogP contribution in [-0.2, 0) is 4.74 Å². The van der Waals surface area contributed by atoms with Crippen LogP contribution in [0.3, 0.4) is 0 Å². The number of hydrogen-bond donors (Lipinski definition) is 0. The first-order valence-corrected chi connectivity index (χ1v) is 11.8. The number of piperazine rings is 1. The van der Waals surface area contributed by atoms with E-state index in [9.17, 15) is 0 Å². The van der Waals surface area contributed by atoms with Crippen LogP contribution in [0.5, 0.6) is 5.75 Å². The van der Waals surface area contributed by atoms with Crippen molar-refractivity contribution in [1.29, 1.82) is 0 Å². The Bertz CT molecular complexity index is 966. The van der Waals surface area contributed by atoms with Gasteiger partial charge in [-0.2, -0.15) is 0 Å². The molecule has 0 aromatic heterocycles. The molecule has 1 unspecified atom stereocenters. The lowest BCUT2D eigenvalue weighted by molar-refractivity contribution is 0.0467. The predicted molar refractivity (Wildman–Crippen MR) is 136 cm³/mol. The molecule has 1 atom stereocenters. The van der Waals surface area contributed by atoms with E-state index in [1.54, 1.807) is 7.11 Å². The van der Waals surface area contributed by atoms with Gasteiger partial charge < -0.3 is 9.47 Å². The van der Waals surface area contributed by atoms with Crippen LogP contribution in [0.15, 0.2) is 91.0 Å². The Morgan fingerprint density at radius 3 is 2.03 bits per heavy atom. The van der Waals surface area contributed by atoms with Crippen LogP contribution in [0.2, 0.25) is 0 Å². The number of hydrogen-bond acceptors (Lipinski definition) is 4. The van der Waals surface area contributed by atoms with Gasteiger partial charge in [0, 0.05) is 39.3 Å². The number of ether oxygens (including phenoxy) is 2. The zero-order valence-electron chi connectivity index (χ0n) is 19.5. The number of methoxy groups -OCH3 is 1. The Balaban J connectivity index is 1.24. The highest BCUT2D eigenvalue weighted by Gasteiger charge is 2.18. The molecule has 3 aromatic carbocycles. The van der Waals surface area contributed by atoms with Crippen LogP contribution in [0.1, 0.15) is 22.8 Å². The molecule has 4 nitrogen and oxygen atoms in total. The maximum atomic E-state index is 6.42. The molecule has 1 heterocycles. The van der Waals surface area contributed by atoms with E-state index in [0.717, 1.165) is 50.6 Å². The molecular formula is C29H34N2O2. The van der Waals surface area contributed by atoms with Gasteiger partial charge in [-0.25, -0.2) is 0 Å². The van der Waals surface area contributed by atoms with Gasteiger partial charge in [-0.1, -0.05) is 84.9 Å². The van der Waals surface area contributed by atoms with Gasteiger partial charge in [-0.05, 0) is 28.8 Å². The minimum atomic E-state index is -0.0680. The highest BCUT2D eigenvalue weighted by Crippen LogP contribution is 2.27. The fourth-order valence-corrected chi connectivity index (χ4v) is 4.19. The summed E-state index contributed by atoms with van der Waals surface area (Å²) in [5.74, 6) is 0.863. The highest BCUT2D eigenvalue weighted by molar-refractivity contribution is 5.48. The normalized spacial score (nSPS) is 16.2. The molecule has 0 spiro atoms. The first kappa shape index (κ1) is 23.2. The minimum Gasteiger partial charge on any atom is -0.497 e. The minimum absolute atomic E-state index is 0.0680. The van der Waals surface area contributed by atoms with Crippen molar-refractivity contribution in [3.8, 4) is 5.75 Å². The van der Waals surface area contributed by atoms with Crippen molar-refractivity contribution in [2.24, 2.45) is 0 Å². The summed E-state index contributed by atoms with van der Waals surface area (Å²) < 4.78 is 11.7. The maximum absolute atomic E-state index is 6.42. The van der Waals surface area contributed by atoms with Gasteiger partial charge in [0.2, 0.25) is 0 Å². The van der Waals surface area contributed by atoms with Crippen LogP contribution in [0.4, 0.5) is 0 Å². The Morgan fingerprint density at radius 2 is 1.36 bits per heavy atom. The lowest BCUT2D eigenvalue weighted by atomic mass is 10.0. The zero-order chi connectivity index (χ0) is 22.7. The number of nitrogens with zero attached hydrogens (tertiary/aromatic N) is 2. The molecule has 172 valence electrons. The largest absolute Gasteiger partial charge is 0.497 e. The molecule has 0 N–H and O–H groups in total. The van der Waals surface area contributed by atoms with Gasteiger partial charge in [-0.3, -0.25) is 9.80 Å². The Labute approximate surface area is 198 Å². The molecule has 0 radical (unpaired) electrons. The maximum Gasteiger partial charge on any atom is 0.118 e. The first-order chi connectivity index (χ1) is 16.3. The Morgan fingerprint density at radius 1 is 0.758 bits per heavy atom. The van der Waals surface area contributed by atoms with Crippen molar-refractivity contribution >= 4 is 6.08 Å². The van der Waals surface area contributed by atoms with Crippen LogP contribution in [0, 0.1) is 0 Å². The number of benzene rings is 3. The van der Waals surface area contributed by atoms with Crippen LogP contribution in [0.25, 0.3) is 6.08 Å². The van der Waals surface area contributed by atoms with E-state index in [1.165, 1.54) is 11.1 Å². The van der Waals surface area contributed by atoms with Crippen molar-refractivity contribution in [3.63, 3.8) is 0 Å². The van der Waals surface area contributed by atoms with Crippen LogP contribution >= 0.6 is 0 Å². The van der Waals surface area contributed by atoms with Crippen molar-refractivity contribution in [2.75, 3.05) is 53.0 Å².